The number of phenolic OH excluding ortho intramolecular Hbond substituents is 1. The van der Waals surface area contributed by atoms with Crippen LogP contribution in [0.25, 0.3) is 0 Å². The molecule has 0 saturated heterocycles. The van der Waals surface area contributed by atoms with Gasteiger partial charge in [0.15, 0.2) is 0 Å². The van der Waals surface area contributed by atoms with Crippen LogP contribution in [0.3, 0.4) is 0 Å². The van der Waals surface area contributed by atoms with E-state index in [2.05, 4.69) is 13.8 Å². The van der Waals surface area contributed by atoms with Gasteiger partial charge in [0, 0.05) is 21.1 Å². The van der Waals surface area contributed by atoms with Gasteiger partial charge in [0.25, 0.3) is 0 Å². The average molecular weight is 334 g/mol. The Morgan fingerprint density at radius 2 is 1.83 bits per heavy atom. The van der Waals surface area contributed by atoms with Crippen molar-refractivity contribution in [2.75, 3.05) is 0 Å². The number of para-hydroxylation sites is 1. The van der Waals surface area contributed by atoms with Crippen LogP contribution in [0.15, 0.2) is 24.3 Å². The molecule has 12 heavy (non-hydrogen) atoms. The van der Waals surface area contributed by atoms with E-state index in [4.69, 9.17) is 0 Å². The van der Waals surface area contributed by atoms with Gasteiger partial charge in [0.2, 0.25) is 0 Å². The third-order valence-electron chi connectivity index (χ3n) is 1.62. The Balaban J connectivity index is 0.00000121. The number of hydrogen-bond donors (Lipinski definition) is 1. The Hall–Kier alpha value is -0.292. The van der Waals surface area contributed by atoms with Crippen LogP contribution in [0.1, 0.15) is 19.4 Å². The summed E-state index contributed by atoms with van der Waals surface area (Å²) in [6, 6.07) is 7.50. The van der Waals surface area contributed by atoms with E-state index < -0.39 is 0 Å². The molecule has 1 nitrogen and oxygen atoms in total. The van der Waals surface area contributed by atoms with Crippen LogP contribution in [-0.4, -0.2) is 5.11 Å². The fourth-order valence-electron chi connectivity index (χ4n) is 1.12. The normalized spacial score (nSPS) is 9.58. The molecule has 1 N–H and O–H groups in total. The number of benzene rings is 1. The van der Waals surface area contributed by atoms with Crippen LogP contribution < -0.4 is 0 Å². The van der Waals surface area contributed by atoms with Crippen LogP contribution in [0.5, 0.6) is 5.75 Å². The minimum Gasteiger partial charge on any atom is -0.508 e. The predicted octanol–water partition coefficient (Wildman–Crippen LogP) is 2.59. The molecule has 1 aromatic carbocycles. The Kier molecular flexibility index (Phi) is 5.24. The van der Waals surface area contributed by atoms with Crippen LogP contribution >= 0.6 is 0 Å². The van der Waals surface area contributed by atoms with E-state index in [0.717, 1.165) is 12.0 Å². The molecular formula is C10H14OW. The van der Waals surface area contributed by atoms with Crippen LogP contribution in [0.2, 0.25) is 0 Å². The fraction of sp³-hybridized carbons (Fsp3) is 0.400. The standard InChI is InChI=1S/C10H14O.W/c1-8(2)7-9-5-3-4-6-10(9)11;/h3-6,8,11H,7H2,1-2H3;. The molecule has 0 fully saturated rings. The Morgan fingerprint density at radius 3 is 2.33 bits per heavy atom. The maximum atomic E-state index is 9.36. The second-order valence-electron chi connectivity index (χ2n) is 3.23. The molecule has 0 aliphatic rings. The van der Waals surface area contributed by atoms with Crippen molar-refractivity contribution in [2.24, 2.45) is 5.92 Å². The summed E-state index contributed by atoms with van der Waals surface area (Å²) in [7, 11) is 0. The van der Waals surface area contributed by atoms with Crippen molar-refractivity contribution in [3.05, 3.63) is 29.8 Å². The van der Waals surface area contributed by atoms with Gasteiger partial charge < -0.3 is 5.11 Å². The molecule has 0 heterocycles. The minimum atomic E-state index is 0. The fourth-order valence-corrected chi connectivity index (χ4v) is 1.12. The molecule has 0 saturated carbocycles. The van der Waals surface area contributed by atoms with Gasteiger partial charge in [-0.2, -0.15) is 0 Å². The van der Waals surface area contributed by atoms with E-state index in [-0.39, 0.29) is 21.1 Å². The second kappa shape index (κ2) is 5.37. The smallest absolute Gasteiger partial charge is 0.118 e. The molecule has 0 amide bonds. The summed E-state index contributed by atoms with van der Waals surface area (Å²) in [5, 5.41) is 9.36. The first-order valence-corrected chi connectivity index (χ1v) is 3.97. The largest absolute Gasteiger partial charge is 0.508 e. The zero-order chi connectivity index (χ0) is 8.27. The van der Waals surface area contributed by atoms with Gasteiger partial charge in [-0.1, -0.05) is 32.0 Å². The molecule has 1 aromatic rings. The van der Waals surface area contributed by atoms with Gasteiger partial charge in [-0.3, -0.25) is 0 Å². The van der Waals surface area contributed by atoms with Gasteiger partial charge in [-0.05, 0) is 24.0 Å². The van der Waals surface area contributed by atoms with E-state index in [1.807, 2.05) is 18.2 Å². The molecule has 1 rings (SSSR count). The van der Waals surface area contributed by atoms with Crippen molar-refractivity contribution >= 4 is 0 Å². The SMILES string of the molecule is CC(C)Cc1ccccc1O.[W]. The Bertz CT molecular complexity index is 233. The van der Waals surface area contributed by atoms with Crippen LogP contribution in [0, 0.1) is 5.92 Å². The number of aromatic hydroxyl groups is 1. The van der Waals surface area contributed by atoms with Crippen molar-refractivity contribution < 1.29 is 26.2 Å². The Labute approximate surface area is 88.1 Å². The molecule has 2 heteroatoms. The van der Waals surface area contributed by atoms with E-state index in [1.165, 1.54) is 0 Å². The molecule has 66 valence electrons. The first kappa shape index (κ1) is 11.7. The summed E-state index contributed by atoms with van der Waals surface area (Å²) < 4.78 is 0. The van der Waals surface area contributed by atoms with Crippen molar-refractivity contribution in [1.29, 1.82) is 0 Å². The van der Waals surface area contributed by atoms with E-state index in [1.54, 1.807) is 6.07 Å². The van der Waals surface area contributed by atoms with Gasteiger partial charge in [-0.15, -0.1) is 0 Å². The van der Waals surface area contributed by atoms with E-state index in [9.17, 15) is 5.11 Å². The van der Waals surface area contributed by atoms with Crippen molar-refractivity contribution in [3.8, 4) is 5.75 Å². The summed E-state index contributed by atoms with van der Waals surface area (Å²) in [5.41, 5.74) is 1.04. The summed E-state index contributed by atoms with van der Waals surface area (Å²) >= 11 is 0. The number of hydrogen-bond acceptors (Lipinski definition) is 1. The molecule has 0 spiro atoms. The van der Waals surface area contributed by atoms with E-state index in [0.29, 0.717) is 11.7 Å². The molecule has 0 aliphatic heterocycles. The predicted molar refractivity (Wildman–Crippen MR) is 46.6 cm³/mol. The first-order chi connectivity index (χ1) is 5.20. The summed E-state index contributed by atoms with van der Waals surface area (Å²) in [6.07, 6.45) is 0.951. The van der Waals surface area contributed by atoms with Gasteiger partial charge in [0.05, 0.1) is 0 Å². The number of phenols is 1. The van der Waals surface area contributed by atoms with Crippen molar-refractivity contribution in [2.45, 2.75) is 20.3 Å². The first-order valence-electron chi connectivity index (χ1n) is 3.97. The van der Waals surface area contributed by atoms with Gasteiger partial charge in [0.1, 0.15) is 5.75 Å². The zero-order valence-electron chi connectivity index (χ0n) is 7.45. The quantitative estimate of drug-likeness (QED) is 0.882. The number of rotatable bonds is 2. The maximum absolute atomic E-state index is 9.36. The third-order valence-corrected chi connectivity index (χ3v) is 1.62. The molecule has 0 aliphatic carbocycles. The van der Waals surface area contributed by atoms with Crippen molar-refractivity contribution in [1.82, 2.24) is 0 Å². The molecule has 0 aromatic heterocycles. The summed E-state index contributed by atoms with van der Waals surface area (Å²) in [6.45, 7) is 4.29. The topological polar surface area (TPSA) is 20.2 Å². The van der Waals surface area contributed by atoms with Crippen LogP contribution in [0.4, 0.5) is 0 Å². The van der Waals surface area contributed by atoms with Crippen molar-refractivity contribution in [3.63, 3.8) is 0 Å². The summed E-state index contributed by atoms with van der Waals surface area (Å²) in [4.78, 5) is 0. The maximum Gasteiger partial charge on any atom is 0.118 e. The van der Waals surface area contributed by atoms with Gasteiger partial charge in [-0.25, -0.2) is 0 Å². The zero-order valence-corrected chi connectivity index (χ0v) is 10.4. The third kappa shape index (κ3) is 3.40. The van der Waals surface area contributed by atoms with Gasteiger partial charge >= 0.3 is 0 Å². The molecule has 0 bridgehead atoms. The van der Waals surface area contributed by atoms with Crippen LogP contribution in [-0.2, 0) is 27.5 Å². The molecule has 0 unspecified atom stereocenters. The molecule has 0 radical (unpaired) electrons. The molecular weight excluding hydrogens is 320 g/mol. The molecule has 0 atom stereocenters. The Morgan fingerprint density at radius 1 is 1.25 bits per heavy atom. The monoisotopic (exact) mass is 334 g/mol. The second-order valence-corrected chi connectivity index (χ2v) is 3.23. The van der Waals surface area contributed by atoms with E-state index >= 15 is 0 Å². The summed E-state index contributed by atoms with van der Waals surface area (Å²) in [5.74, 6) is 1.02. The minimum absolute atomic E-state index is 0. The average Bonchev–Trinajstić information content (AvgIpc) is 1.93.